The van der Waals surface area contributed by atoms with Crippen molar-refractivity contribution in [1.82, 2.24) is 4.57 Å². The normalized spacial score (nSPS) is 17.7. The van der Waals surface area contributed by atoms with Crippen molar-refractivity contribution in [3.8, 4) is 0 Å². The summed E-state index contributed by atoms with van der Waals surface area (Å²) in [7, 11) is 0. The van der Waals surface area contributed by atoms with Gasteiger partial charge in [-0.25, -0.2) is 9.79 Å². The van der Waals surface area contributed by atoms with Gasteiger partial charge in [-0.3, -0.25) is 9.36 Å². The third kappa shape index (κ3) is 5.69. The molecule has 0 spiro atoms. The average molecular weight is 560 g/mol. The number of allylic oxidation sites excluding steroid dienone is 1. The number of morpholine rings is 1. The van der Waals surface area contributed by atoms with Crippen molar-refractivity contribution in [2.45, 2.75) is 52.5 Å². The standard InChI is InChI=1S/C32H37N3O4S/c1-5-7-26-28(31(37)39-6-2)29(24-12-10-23(11-13-24)21(3)4)35-30(36)27(40-32(35)33-26)20-22-8-14-25(15-9-22)34-16-18-38-19-17-34/h8-15,20-21,29H,5-7,16-19H2,1-4H3/b27-20+/t29-/m0/s1. The van der Waals surface area contributed by atoms with Crippen LogP contribution in [0.5, 0.6) is 0 Å². The van der Waals surface area contributed by atoms with E-state index in [-0.39, 0.29) is 12.2 Å². The van der Waals surface area contributed by atoms with Crippen LogP contribution in [0.25, 0.3) is 6.08 Å². The third-order valence-electron chi connectivity index (χ3n) is 7.38. The molecular formula is C32H37N3O4S. The Labute approximate surface area is 239 Å². The molecule has 0 saturated carbocycles. The van der Waals surface area contributed by atoms with E-state index in [4.69, 9.17) is 14.5 Å². The van der Waals surface area contributed by atoms with Crippen LogP contribution in [-0.4, -0.2) is 43.4 Å². The van der Waals surface area contributed by atoms with Crippen LogP contribution in [0.2, 0.25) is 0 Å². The molecule has 40 heavy (non-hydrogen) atoms. The Morgan fingerprint density at radius 2 is 1.80 bits per heavy atom. The molecule has 1 fully saturated rings. The fourth-order valence-electron chi connectivity index (χ4n) is 5.25. The number of hydrogen-bond donors (Lipinski definition) is 0. The molecule has 1 saturated heterocycles. The number of ether oxygens (including phenoxy) is 2. The minimum Gasteiger partial charge on any atom is -0.463 e. The summed E-state index contributed by atoms with van der Waals surface area (Å²) in [5, 5.41) is 0. The van der Waals surface area contributed by atoms with Gasteiger partial charge in [-0.15, -0.1) is 0 Å². The average Bonchev–Trinajstić information content (AvgIpc) is 3.27. The Bertz CT molecular complexity index is 1560. The van der Waals surface area contributed by atoms with E-state index in [9.17, 15) is 9.59 Å². The highest BCUT2D eigenvalue weighted by Crippen LogP contribution is 2.33. The lowest BCUT2D eigenvalue weighted by atomic mass is 9.92. The van der Waals surface area contributed by atoms with Crippen LogP contribution < -0.4 is 19.8 Å². The minimum absolute atomic E-state index is 0.156. The molecule has 0 aliphatic carbocycles. The number of esters is 1. The van der Waals surface area contributed by atoms with Gasteiger partial charge in [0.25, 0.3) is 5.56 Å². The second kappa shape index (κ2) is 12.4. The molecule has 1 atom stereocenters. The van der Waals surface area contributed by atoms with Crippen molar-refractivity contribution in [2.75, 3.05) is 37.8 Å². The smallest absolute Gasteiger partial charge is 0.338 e. The molecule has 3 aromatic rings. The fourth-order valence-corrected chi connectivity index (χ4v) is 6.27. The molecule has 2 aliphatic rings. The van der Waals surface area contributed by atoms with E-state index < -0.39 is 12.0 Å². The molecule has 0 amide bonds. The lowest BCUT2D eigenvalue weighted by Gasteiger charge is -2.28. The molecule has 5 rings (SSSR count). The Morgan fingerprint density at radius 1 is 1.10 bits per heavy atom. The molecule has 7 nitrogen and oxygen atoms in total. The number of carbonyl (C=O) groups is 1. The first-order chi connectivity index (χ1) is 19.4. The number of anilines is 1. The highest BCUT2D eigenvalue weighted by atomic mass is 32.1. The van der Waals surface area contributed by atoms with Crippen LogP contribution in [0.4, 0.5) is 5.69 Å². The number of rotatable bonds is 8. The van der Waals surface area contributed by atoms with Crippen LogP contribution in [0.1, 0.15) is 69.2 Å². The summed E-state index contributed by atoms with van der Waals surface area (Å²) in [6.45, 7) is 11.6. The minimum atomic E-state index is -0.594. The number of hydrogen-bond acceptors (Lipinski definition) is 7. The van der Waals surface area contributed by atoms with Gasteiger partial charge in [0, 0.05) is 18.8 Å². The van der Waals surface area contributed by atoms with E-state index in [2.05, 4.69) is 49.9 Å². The predicted octanol–water partition coefficient (Wildman–Crippen LogP) is 4.54. The number of benzene rings is 2. The monoisotopic (exact) mass is 559 g/mol. The maximum absolute atomic E-state index is 14.0. The lowest BCUT2D eigenvalue weighted by Crippen LogP contribution is -2.40. The summed E-state index contributed by atoms with van der Waals surface area (Å²) in [6, 6.07) is 15.9. The molecule has 3 heterocycles. The molecule has 0 N–H and O–H groups in total. The first-order valence-corrected chi connectivity index (χ1v) is 15.0. The zero-order valence-electron chi connectivity index (χ0n) is 23.7. The van der Waals surface area contributed by atoms with E-state index in [1.54, 1.807) is 11.5 Å². The lowest BCUT2D eigenvalue weighted by molar-refractivity contribution is -0.139. The SMILES string of the molecule is CCCC1=C(C(=O)OCC)[C@H](c2ccc(C(C)C)cc2)n2c(s/c(=C/c3ccc(N4CCOCC4)cc3)c2=O)=N1. The van der Waals surface area contributed by atoms with Crippen LogP contribution in [0.3, 0.4) is 0 Å². The number of nitrogens with zero attached hydrogens (tertiary/aromatic N) is 3. The van der Waals surface area contributed by atoms with E-state index in [1.165, 1.54) is 16.9 Å². The summed E-state index contributed by atoms with van der Waals surface area (Å²) in [4.78, 5) is 35.1. The predicted molar refractivity (Wildman–Crippen MR) is 160 cm³/mol. The van der Waals surface area contributed by atoms with Crippen LogP contribution >= 0.6 is 11.3 Å². The second-order valence-electron chi connectivity index (χ2n) is 10.4. The Hall–Kier alpha value is -3.49. The molecule has 0 radical (unpaired) electrons. The zero-order chi connectivity index (χ0) is 28.2. The zero-order valence-corrected chi connectivity index (χ0v) is 24.5. The van der Waals surface area contributed by atoms with E-state index in [1.807, 2.05) is 30.3 Å². The maximum atomic E-state index is 14.0. The van der Waals surface area contributed by atoms with Gasteiger partial charge in [0.1, 0.15) is 0 Å². The van der Waals surface area contributed by atoms with Crippen molar-refractivity contribution in [2.24, 2.45) is 4.99 Å². The van der Waals surface area contributed by atoms with Crippen LogP contribution in [0, 0.1) is 0 Å². The number of fused-ring (bicyclic) bond motifs is 1. The Balaban J connectivity index is 1.61. The first kappa shape index (κ1) is 28.1. The first-order valence-electron chi connectivity index (χ1n) is 14.2. The van der Waals surface area contributed by atoms with Crippen LogP contribution in [-0.2, 0) is 14.3 Å². The van der Waals surface area contributed by atoms with Crippen molar-refractivity contribution < 1.29 is 14.3 Å². The molecule has 210 valence electrons. The summed E-state index contributed by atoms with van der Waals surface area (Å²) in [5.74, 6) is -0.0398. The summed E-state index contributed by atoms with van der Waals surface area (Å²) in [6.07, 6.45) is 3.37. The van der Waals surface area contributed by atoms with Gasteiger partial charge in [0.15, 0.2) is 4.80 Å². The van der Waals surface area contributed by atoms with Gasteiger partial charge in [-0.2, -0.15) is 0 Å². The van der Waals surface area contributed by atoms with Crippen molar-refractivity contribution >= 4 is 29.1 Å². The molecule has 1 aromatic heterocycles. The summed E-state index contributed by atoms with van der Waals surface area (Å²) in [5.41, 5.74) is 5.16. The van der Waals surface area contributed by atoms with E-state index in [0.29, 0.717) is 32.9 Å². The van der Waals surface area contributed by atoms with Crippen molar-refractivity contribution in [3.05, 3.63) is 96.2 Å². The van der Waals surface area contributed by atoms with Gasteiger partial charge >= 0.3 is 5.97 Å². The number of aromatic nitrogens is 1. The quantitative estimate of drug-likeness (QED) is 0.379. The van der Waals surface area contributed by atoms with Gasteiger partial charge < -0.3 is 14.4 Å². The van der Waals surface area contributed by atoms with E-state index >= 15 is 0 Å². The third-order valence-corrected chi connectivity index (χ3v) is 8.36. The highest BCUT2D eigenvalue weighted by molar-refractivity contribution is 7.07. The molecule has 8 heteroatoms. The van der Waals surface area contributed by atoms with E-state index in [0.717, 1.165) is 49.5 Å². The summed E-state index contributed by atoms with van der Waals surface area (Å²) < 4.78 is 13.2. The van der Waals surface area contributed by atoms with Gasteiger partial charge in [0.05, 0.1) is 41.7 Å². The molecule has 0 unspecified atom stereocenters. The Kier molecular flexibility index (Phi) is 8.66. The Morgan fingerprint density at radius 3 is 2.42 bits per heavy atom. The van der Waals surface area contributed by atoms with Crippen LogP contribution in [0.15, 0.2) is 69.6 Å². The summed E-state index contributed by atoms with van der Waals surface area (Å²) >= 11 is 1.37. The highest BCUT2D eigenvalue weighted by Gasteiger charge is 2.34. The number of carbonyl (C=O) groups excluding carboxylic acids is 1. The molecule has 0 bridgehead atoms. The topological polar surface area (TPSA) is 73.1 Å². The molecular weight excluding hydrogens is 522 g/mol. The largest absolute Gasteiger partial charge is 0.463 e. The number of thiazole rings is 1. The molecule has 2 aromatic carbocycles. The van der Waals surface area contributed by atoms with Crippen molar-refractivity contribution in [3.63, 3.8) is 0 Å². The van der Waals surface area contributed by atoms with Gasteiger partial charge in [-0.05, 0) is 54.2 Å². The maximum Gasteiger partial charge on any atom is 0.338 e. The van der Waals surface area contributed by atoms with Crippen molar-refractivity contribution in [1.29, 1.82) is 0 Å². The molecule has 2 aliphatic heterocycles. The van der Waals surface area contributed by atoms with Gasteiger partial charge in [0.2, 0.25) is 0 Å². The van der Waals surface area contributed by atoms with Gasteiger partial charge in [-0.1, -0.05) is 74.9 Å². The second-order valence-corrected chi connectivity index (χ2v) is 11.4. The fraction of sp³-hybridized carbons (Fsp3) is 0.406.